The third-order valence-electron chi connectivity index (χ3n) is 3.30. The molecule has 0 fully saturated rings. The van der Waals surface area contributed by atoms with Gasteiger partial charge in [-0.15, -0.1) is 0 Å². The molecule has 2 atom stereocenters. The molecule has 3 nitrogen and oxygen atoms in total. The summed E-state index contributed by atoms with van der Waals surface area (Å²) in [7, 11) is 0. The summed E-state index contributed by atoms with van der Waals surface area (Å²) in [6.45, 7) is 8.38. The number of hydrogen-bond acceptors (Lipinski definition) is 2. The van der Waals surface area contributed by atoms with Gasteiger partial charge in [0.25, 0.3) is 5.91 Å². The first-order valence-electron chi connectivity index (χ1n) is 6.93. The van der Waals surface area contributed by atoms with E-state index >= 15 is 0 Å². The SMILES string of the molecule is CCc1cc(C(=O)NC(C)CC(C)CC)cc(Cl)n1. The fraction of sp³-hybridized carbons (Fsp3) is 0.600. The summed E-state index contributed by atoms with van der Waals surface area (Å²) in [6.07, 6.45) is 2.88. The van der Waals surface area contributed by atoms with Gasteiger partial charge in [-0.25, -0.2) is 4.98 Å². The average molecular weight is 283 g/mol. The third kappa shape index (κ3) is 5.19. The van der Waals surface area contributed by atoms with Crippen LogP contribution in [0.25, 0.3) is 0 Å². The zero-order chi connectivity index (χ0) is 14.4. The molecule has 4 heteroatoms. The molecule has 1 aromatic heterocycles. The second kappa shape index (κ2) is 7.49. The van der Waals surface area contributed by atoms with E-state index in [2.05, 4.69) is 24.1 Å². The quantitative estimate of drug-likeness (QED) is 0.805. The molecule has 106 valence electrons. The zero-order valence-corrected chi connectivity index (χ0v) is 12.9. The number of nitrogens with one attached hydrogen (secondary N) is 1. The Balaban J connectivity index is 2.70. The first kappa shape index (κ1) is 16.0. The minimum Gasteiger partial charge on any atom is -0.350 e. The molecule has 1 amide bonds. The van der Waals surface area contributed by atoms with Crippen molar-refractivity contribution in [3.63, 3.8) is 0 Å². The van der Waals surface area contributed by atoms with E-state index in [0.29, 0.717) is 16.6 Å². The number of hydrogen-bond donors (Lipinski definition) is 1. The number of pyridine rings is 1. The summed E-state index contributed by atoms with van der Waals surface area (Å²) in [5, 5.41) is 3.39. The molecule has 1 aromatic rings. The highest BCUT2D eigenvalue weighted by atomic mass is 35.5. The van der Waals surface area contributed by atoms with E-state index in [0.717, 1.165) is 25.0 Å². The predicted molar refractivity (Wildman–Crippen MR) is 79.6 cm³/mol. The van der Waals surface area contributed by atoms with E-state index in [4.69, 9.17) is 11.6 Å². The Bertz CT molecular complexity index is 434. The van der Waals surface area contributed by atoms with E-state index in [-0.39, 0.29) is 11.9 Å². The Morgan fingerprint density at radius 1 is 1.37 bits per heavy atom. The van der Waals surface area contributed by atoms with Gasteiger partial charge in [0.1, 0.15) is 5.15 Å². The van der Waals surface area contributed by atoms with Gasteiger partial charge in [-0.05, 0) is 37.8 Å². The third-order valence-corrected chi connectivity index (χ3v) is 3.50. The molecule has 0 bridgehead atoms. The van der Waals surface area contributed by atoms with Gasteiger partial charge < -0.3 is 5.32 Å². The topological polar surface area (TPSA) is 42.0 Å². The summed E-state index contributed by atoms with van der Waals surface area (Å²) in [5.41, 5.74) is 1.43. The van der Waals surface area contributed by atoms with Crippen LogP contribution in [0.5, 0.6) is 0 Å². The molecule has 0 saturated heterocycles. The van der Waals surface area contributed by atoms with Crippen molar-refractivity contribution in [2.45, 2.75) is 53.0 Å². The van der Waals surface area contributed by atoms with Crippen LogP contribution < -0.4 is 5.32 Å². The van der Waals surface area contributed by atoms with Gasteiger partial charge in [-0.2, -0.15) is 0 Å². The first-order chi connectivity index (χ1) is 8.96. The summed E-state index contributed by atoms with van der Waals surface area (Å²) < 4.78 is 0. The minimum atomic E-state index is -0.0743. The Morgan fingerprint density at radius 3 is 2.63 bits per heavy atom. The van der Waals surface area contributed by atoms with Gasteiger partial charge in [0.2, 0.25) is 0 Å². The van der Waals surface area contributed by atoms with Crippen molar-refractivity contribution in [3.05, 3.63) is 28.5 Å². The molecule has 0 aliphatic rings. The molecule has 1 N–H and O–H groups in total. The number of carbonyl (C=O) groups excluding carboxylic acids is 1. The maximum absolute atomic E-state index is 12.1. The number of aryl methyl sites for hydroxylation is 1. The van der Waals surface area contributed by atoms with Gasteiger partial charge in [-0.1, -0.05) is 38.8 Å². The summed E-state index contributed by atoms with van der Waals surface area (Å²) >= 11 is 5.93. The van der Waals surface area contributed by atoms with E-state index in [1.54, 1.807) is 12.1 Å². The molecule has 0 aliphatic heterocycles. The lowest BCUT2D eigenvalue weighted by atomic mass is 10.00. The fourth-order valence-corrected chi connectivity index (χ4v) is 2.23. The normalized spacial score (nSPS) is 13.9. The van der Waals surface area contributed by atoms with Crippen molar-refractivity contribution in [3.8, 4) is 0 Å². The number of rotatable bonds is 6. The van der Waals surface area contributed by atoms with Crippen LogP contribution in [0.3, 0.4) is 0 Å². The van der Waals surface area contributed by atoms with Gasteiger partial charge in [0, 0.05) is 17.3 Å². The van der Waals surface area contributed by atoms with Crippen molar-refractivity contribution in [2.75, 3.05) is 0 Å². The molecule has 1 rings (SSSR count). The van der Waals surface area contributed by atoms with Crippen LogP contribution >= 0.6 is 11.6 Å². The Labute approximate surface area is 120 Å². The van der Waals surface area contributed by atoms with E-state index in [1.807, 2.05) is 13.8 Å². The van der Waals surface area contributed by atoms with Crippen molar-refractivity contribution >= 4 is 17.5 Å². The second-order valence-corrected chi connectivity index (χ2v) is 5.53. The molecular weight excluding hydrogens is 260 g/mol. The average Bonchev–Trinajstić information content (AvgIpc) is 2.37. The molecule has 0 aliphatic carbocycles. The van der Waals surface area contributed by atoms with Crippen molar-refractivity contribution in [1.29, 1.82) is 0 Å². The Hall–Kier alpha value is -1.09. The molecule has 0 aromatic carbocycles. The van der Waals surface area contributed by atoms with Crippen LogP contribution in [0.4, 0.5) is 0 Å². The molecule has 2 unspecified atom stereocenters. The van der Waals surface area contributed by atoms with Crippen LogP contribution in [0.15, 0.2) is 12.1 Å². The van der Waals surface area contributed by atoms with Crippen LogP contribution in [0, 0.1) is 5.92 Å². The highest BCUT2D eigenvalue weighted by Gasteiger charge is 2.13. The number of nitrogens with zero attached hydrogens (tertiary/aromatic N) is 1. The van der Waals surface area contributed by atoms with Crippen LogP contribution in [0.1, 0.15) is 56.6 Å². The molecular formula is C15H23ClN2O. The van der Waals surface area contributed by atoms with Gasteiger partial charge in [0.15, 0.2) is 0 Å². The largest absolute Gasteiger partial charge is 0.350 e. The van der Waals surface area contributed by atoms with Crippen LogP contribution in [-0.4, -0.2) is 16.9 Å². The monoisotopic (exact) mass is 282 g/mol. The first-order valence-corrected chi connectivity index (χ1v) is 7.31. The lowest BCUT2D eigenvalue weighted by molar-refractivity contribution is 0.0935. The molecule has 19 heavy (non-hydrogen) atoms. The summed E-state index contributed by atoms with van der Waals surface area (Å²) in [6, 6.07) is 3.59. The van der Waals surface area contributed by atoms with E-state index in [9.17, 15) is 4.79 Å². The minimum absolute atomic E-state index is 0.0743. The van der Waals surface area contributed by atoms with Crippen molar-refractivity contribution in [1.82, 2.24) is 10.3 Å². The lowest BCUT2D eigenvalue weighted by Gasteiger charge is -2.17. The zero-order valence-electron chi connectivity index (χ0n) is 12.2. The predicted octanol–water partition coefficient (Wildman–Crippen LogP) is 3.85. The maximum Gasteiger partial charge on any atom is 0.251 e. The Morgan fingerprint density at radius 2 is 2.05 bits per heavy atom. The number of halogens is 1. The van der Waals surface area contributed by atoms with Crippen LogP contribution in [-0.2, 0) is 6.42 Å². The van der Waals surface area contributed by atoms with Crippen molar-refractivity contribution < 1.29 is 4.79 Å². The number of amides is 1. The molecule has 0 spiro atoms. The smallest absolute Gasteiger partial charge is 0.251 e. The summed E-state index contributed by atoms with van der Waals surface area (Å²) in [5.74, 6) is 0.539. The van der Waals surface area contributed by atoms with Crippen LogP contribution in [0.2, 0.25) is 5.15 Å². The van der Waals surface area contributed by atoms with Gasteiger partial charge in [-0.3, -0.25) is 4.79 Å². The summed E-state index contributed by atoms with van der Waals surface area (Å²) in [4.78, 5) is 16.3. The van der Waals surface area contributed by atoms with Gasteiger partial charge in [0.05, 0.1) is 0 Å². The molecule has 0 radical (unpaired) electrons. The standard InChI is InChI=1S/C15H23ClN2O/c1-5-10(3)7-11(4)17-15(19)12-8-13(6-2)18-14(16)9-12/h8-11H,5-7H2,1-4H3,(H,17,19). The number of carbonyl (C=O) groups is 1. The van der Waals surface area contributed by atoms with E-state index < -0.39 is 0 Å². The fourth-order valence-electron chi connectivity index (χ4n) is 2.00. The number of aromatic nitrogens is 1. The van der Waals surface area contributed by atoms with Crippen molar-refractivity contribution in [2.24, 2.45) is 5.92 Å². The molecule has 1 heterocycles. The molecule has 0 saturated carbocycles. The maximum atomic E-state index is 12.1. The van der Waals surface area contributed by atoms with Gasteiger partial charge >= 0.3 is 0 Å². The second-order valence-electron chi connectivity index (χ2n) is 5.15. The highest BCUT2D eigenvalue weighted by Crippen LogP contribution is 2.13. The van der Waals surface area contributed by atoms with E-state index in [1.165, 1.54) is 0 Å². The Kier molecular flexibility index (Phi) is 6.29. The highest BCUT2D eigenvalue weighted by molar-refractivity contribution is 6.29. The lowest BCUT2D eigenvalue weighted by Crippen LogP contribution is -2.33.